The number of rotatable bonds is 4. The van der Waals surface area contributed by atoms with Crippen molar-refractivity contribution >= 4 is 17.7 Å². The van der Waals surface area contributed by atoms with Crippen LogP contribution in [-0.2, 0) is 4.74 Å². The molecule has 0 spiro atoms. The van der Waals surface area contributed by atoms with E-state index in [1.807, 2.05) is 19.1 Å². The normalized spacial score (nSPS) is 15.1. The highest BCUT2D eigenvalue weighted by atomic mass is 16.6. The van der Waals surface area contributed by atoms with Crippen LogP contribution in [0.1, 0.15) is 28.9 Å². The molecule has 1 fully saturated rings. The summed E-state index contributed by atoms with van der Waals surface area (Å²) in [5.41, 5.74) is 2.34. The lowest BCUT2D eigenvalue weighted by atomic mass is 10.1. The minimum atomic E-state index is -0.350. The van der Waals surface area contributed by atoms with Gasteiger partial charge in [0.1, 0.15) is 6.61 Å². The molecule has 24 heavy (non-hydrogen) atoms. The van der Waals surface area contributed by atoms with E-state index in [0.29, 0.717) is 18.7 Å². The van der Waals surface area contributed by atoms with Gasteiger partial charge in [-0.05, 0) is 48.9 Å². The molecule has 1 saturated heterocycles. The van der Waals surface area contributed by atoms with E-state index in [0.717, 1.165) is 11.3 Å². The number of carbonyl (C=O) groups is 2. The number of hydrogen-bond acceptors (Lipinski definition) is 4. The zero-order chi connectivity index (χ0) is 17.1. The number of carbonyl (C=O) groups excluding carboxylic acids is 2. The quantitative estimate of drug-likeness (QED) is 0.867. The number of ether oxygens (including phenoxy) is 1. The van der Waals surface area contributed by atoms with E-state index < -0.39 is 0 Å². The van der Waals surface area contributed by atoms with E-state index in [2.05, 4.69) is 4.98 Å². The Morgan fingerprint density at radius 3 is 2.46 bits per heavy atom. The van der Waals surface area contributed by atoms with Crippen molar-refractivity contribution in [3.63, 3.8) is 0 Å². The monoisotopic (exact) mass is 325 g/mol. The van der Waals surface area contributed by atoms with Gasteiger partial charge < -0.3 is 9.64 Å². The highest BCUT2D eigenvalue weighted by Gasteiger charge is 2.24. The van der Waals surface area contributed by atoms with Gasteiger partial charge in [0.05, 0.1) is 12.6 Å². The second kappa shape index (κ2) is 6.70. The summed E-state index contributed by atoms with van der Waals surface area (Å²) in [6.07, 6.45) is 3.08. The molecule has 2 heterocycles. The number of anilines is 1. The predicted molar refractivity (Wildman–Crippen MR) is 89.9 cm³/mol. The summed E-state index contributed by atoms with van der Waals surface area (Å²) in [5, 5.41) is 0. The van der Waals surface area contributed by atoms with Gasteiger partial charge in [-0.2, -0.15) is 0 Å². The SMILES string of the molecule is CC(c1ccncc1)N(C)C(=O)c1ccc(N2CCOC2=O)cc1. The van der Waals surface area contributed by atoms with E-state index in [9.17, 15) is 9.59 Å². The zero-order valence-corrected chi connectivity index (χ0v) is 13.7. The maximum absolute atomic E-state index is 12.7. The standard InChI is InChI=1S/C18H19N3O3/c1-13(14-7-9-19-10-8-14)20(2)17(22)15-3-5-16(6-4-15)21-11-12-24-18(21)23/h3-10,13H,11-12H2,1-2H3. The molecule has 3 rings (SSSR count). The Morgan fingerprint density at radius 1 is 1.21 bits per heavy atom. The largest absolute Gasteiger partial charge is 0.447 e. The molecule has 1 aromatic carbocycles. The number of amides is 2. The summed E-state index contributed by atoms with van der Waals surface area (Å²) in [4.78, 5) is 31.5. The molecule has 1 aliphatic rings. The van der Waals surface area contributed by atoms with E-state index in [1.165, 1.54) is 0 Å². The summed E-state index contributed by atoms with van der Waals surface area (Å²) >= 11 is 0. The first-order valence-electron chi connectivity index (χ1n) is 7.79. The molecule has 1 aromatic heterocycles. The molecule has 0 N–H and O–H groups in total. The van der Waals surface area contributed by atoms with Crippen LogP contribution in [0, 0.1) is 0 Å². The molecule has 1 unspecified atom stereocenters. The van der Waals surface area contributed by atoms with E-state index in [1.54, 1.807) is 53.5 Å². The van der Waals surface area contributed by atoms with Gasteiger partial charge in [-0.1, -0.05) is 0 Å². The molecular formula is C18H19N3O3. The number of benzene rings is 1. The van der Waals surface area contributed by atoms with Crippen LogP contribution in [0.3, 0.4) is 0 Å². The smallest absolute Gasteiger partial charge is 0.414 e. The van der Waals surface area contributed by atoms with Crippen LogP contribution in [0.15, 0.2) is 48.8 Å². The van der Waals surface area contributed by atoms with Gasteiger partial charge in [-0.25, -0.2) is 4.79 Å². The number of pyridine rings is 1. The van der Waals surface area contributed by atoms with Crippen LogP contribution < -0.4 is 4.90 Å². The predicted octanol–water partition coefficient (Wildman–Crippen LogP) is 2.87. The lowest BCUT2D eigenvalue weighted by Gasteiger charge is -2.25. The fraction of sp³-hybridized carbons (Fsp3) is 0.278. The van der Waals surface area contributed by atoms with Crippen molar-refractivity contribution in [3.05, 3.63) is 59.9 Å². The molecule has 0 radical (unpaired) electrons. The van der Waals surface area contributed by atoms with Crippen molar-refractivity contribution in [3.8, 4) is 0 Å². The Hall–Kier alpha value is -2.89. The molecule has 2 aromatic rings. The van der Waals surface area contributed by atoms with Crippen LogP contribution in [0.5, 0.6) is 0 Å². The van der Waals surface area contributed by atoms with Crippen LogP contribution in [0.4, 0.5) is 10.5 Å². The molecule has 2 amide bonds. The Morgan fingerprint density at radius 2 is 1.88 bits per heavy atom. The molecule has 6 nitrogen and oxygen atoms in total. The first-order chi connectivity index (χ1) is 11.6. The summed E-state index contributed by atoms with van der Waals surface area (Å²) in [7, 11) is 1.78. The molecule has 124 valence electrons. The Bertz CT molecular complexity index is 731. The van der Waals surface area contributed by atoms with Crippen LogP contribution >= 0.6 is 0 Å². The number of cyclic esters (lactones) is 1. The molecule has 0 aliphatic carbocycles. The first kappa shape index (κ1) is 16.0. The van der Waals surface area contributed by atoms with Gasteiger partial charge in [0.25, 0.3) is 5.91 Å². The summed E-state index contributed by atoms with van der Waals surface area (Å²) in [5.74, 6) is -0.0742. The molecule has 1 aliphatic heterocycles. The lowest BCUT2D eigenvalue weighted by Crippen LogP contribution is -2.29. The van der Waals surface area contributed by atoms with Crippen molar-refractivity contribution < 1.29 is 14.3 Å². The Labute approximate surface area is 140 Å². The van der Waals surface area contributed by atoms with Crippen LogP contribution in [0.2, 0.25) is 0 Å². The average molecular weight is 325 g/mol. The van der Waals surface area contributed by atoms with Crippen molar-refractivity contribution in [2.24, 2.45) is 0 Å². The third kappa shape index (κ3) is 3.08. The number of hydrogen-bond donors (Lipinski definition) is 0. The Kier molecular flexibility index (Phi) is 4.46. The van der Waals surface area contributed by atoms with Crippen molar-refractivity contribution in [1.82, 2.24) is 9.88 Å². The third-order valence-electron chi connectivity index (χ3n) is 4.28. The zero-order valence-electron chi connectivity index (χ0n) is 13.7. The van der Waals surface area contributed by atoms with Crippen molar-refractivity contribution in [1.29, 1.82) is 0 Å². The van der Waals surface area contributed by atoms with Gasteiger partial charge in [0.2, 0.25) is 0 Å². The van der Waals surface area contributed by atoms with Gasteiger partial charge in [0, 0.05) is 30.7 Å². The van der Waals surface area contributed by atoms with E-state index >= 15 is 0 Å². The van der Waals surface area contributed by atoms with Gasteiger partial charge in [-0.3, -0.25) is 14.7 Å². The lowest BCUT2D eigenvalue weighted by molar-refractivity contribution is 0.0742. The summed E-state index contributed by atoms with van der Waals surface area (Å²) in [6, 6.07) is 10.7. The van der Waals surface area contributed by atoms with Crippen molar-refractivity contribution in [2.45, 2.75) is 13.0 Å². The van der Waals surface area contributed by atoms with Crippen LogP contribution in [-0.4, -0.2) is 42.1 Å². The topological polar surface area (TPSA) is 62.7 Å². The molecule has 0 saturated carbocycles. The van der Waals surface area contributed by atoms with E-state index in [4.69, 9.17) is 4.74 Å². The molecule has 6 heteroatoms. The van der Waals surface area contributed by atoms with Gasteiger partial charge in [-0.15, -0.1) is 0 Å². The maximum atomic E-state index is 12.7. The molecule has 0 bridgehead atoms. The maximum Gasteiger partial charge on any atom is 0.414 e. The van der Waals surface area contributed by atoms with Crippen molar-refractivity contribution in [2.75, 3.05) is 25.1 Å². The molecule has 1 atom stereocenters. The second-order valence-electron chi connectivity index (χ2n) is 5.69. The first-order valence-corrected chi connectivity index (χ1v) is 7.79. The third-order valence-corrected chi connectivity index (χ3v) is 4.28. The summed E-state index contributed by atoms with van der Waals surface area (Å²) in [6.45, 7) is 2.90. The van der Waals surface area contributed by atoms with Crippen LogP contribution in [0.25, 0.3) is 0 Å². The highest BCUT2D eigenvalue weighted by molar-refractivity contribution is 5.95. The average Bonchev–Trinajstić information content (AvgIpc) is 3.06. The second-order valence-corrected chi connectivity index (χ2v) is 5.69. The van der Waals surface area contributed by atoms with E-state index in [-0.39, 0.29) is 18.0 Å². The highest BCUT2D eigenvalue weighted by Crippen LogP contribution is 2.23. The fourth-order valence-corrected chi connectivity index (χ4v) is 2.66. The fourth-order valence-electron chi connectivity index (χ4n) is 2.66. The number of nitrogens with zero attached hydrogens (tertiary/aromatic N) is 3. The van der Waals surface area contributed by atoms with Gasteiger partial charge >= 0.3 is 6.09 Å². The minimum Gasteiger partial charge on any atom is -0.447 e. The number of aromatic nitrogens is 1. The van der Waals surface area contributed by atoms with Gasteiger partial charge in [0.15, 0.2) is 0 Å². The molecular weight excluding hydrogens is 306 g/mol. The Balaban J connectivity index is 1.74. The minimum absolute atomic E-state index is 0.0614. The summed E-state index contributed by atoms with van der Waals surface area (Å²) < 4.78 is 4.92.